The van der Waals surface area contributed by atoms with E-state index in [9.17, 15) is 0 Å². The molecule has 21 heavy (non-hydrogen) atoms. The number of hydrogen-bond donors (Lipinski definition) is 0. The van der Waals surface area contributed by atoms with Crippen LogP contribution in [0.1, 0.15) is 31.9 Å². The highest BCUT2D eigenvalue weighted by Gasteiger charge is 2.26. The Balaban J connectivity index is 1.82. The summed E-state index contributed by atoms with van der Waals surface area (Å²) >= 11 is 0. The Kier molecular flexibility index (Phi) is 3.24. The van der Waals surface area contributed by atoms with Crippen molar-refractivity contribution < 1.29 is 9.43 Å². The first-order valence-corrected chi connectivity index (χ1v) is 7.13. The number of fused-ring (bicyclic) bond motifs is 1. The Hall–Kier alpha value is -2.23. The summed E-state index contributed by atoms with van der Waals surface area (Å²) < 4.78 is 7.79. The number of aliphatic imine (C=N–C) groups is 1. The Bertz CT molecular complexity index is 690. The molecular formula is C17H20N3O+. The first kappa shape index (κ1) is 13.7. The van der Waals surface area contributed by atoms with Crippen LogP contribution in [0.3, 0.4) is 0 Å². The molecule has 2 aliphatic heterocycles. The maximum absolute atomic E-state index is 5.99. The first-order chi connectivity index (χ1) is 9.93. The number of nitrogens with zero attached hydrogens (tertiary/aromatic N) is 3. The van der Waals surface area contributed by atoms with Gasteiger partial charge in [-0.2, -0.15) is 4.99 Å². The van der Waals surface area contributed by atoms with Gasteiger partial charge in [-0.3, -0.25) is 0 Å². The van der Waals surface area contributed by atoms with E-state index in [1.165, 1.54) is 5.56 Å². The highest BCUT2D eigenvalue weighted by atomic mass is 16.5. The van der Waals surface area contributed by atoms with E-state index in [0.29, 0.717) is 0 Å². The molecule has 2 heterocycles. The van der Waals surface area contributed by atoms with Crippen molar-refractivity contribution in [3.63, 3.8) is 0 Å². The van der Waals surface area contributed by atoms with Crippen LogP contribution in [0.5, 0.6) is 5.75 Å². The molecule has 0 radical (unpaired) electrons. The van der Waals surface area contributed by atoms with Crippen molar-refractivity contribution in [3.8, 4) is 5.75 Å². The van der Waals surface area contributed by atoms with E-state index in [-0.39, 0.29) is 11.6 Å². The number of ether oxygens (including phenoxy) is 1. The van der Waals surface area contributed by atoms with Crippen LogP contribution < -0.4 is 4.74 Å². The molecule has 0 spiro atoms. The van der Waals surface area contributed by atoms with Gasteiger partial charge in [-0.05, 0) is 29.5 Å². The lowest BCUT2D eigenvalue weighted by Crippen LogP contribution is -2.17. The maximum atomic E-state index is 5.99. The molecule has 0 aliphatic carbocycles. The lowest BCUT2D eigenvalue weighted by Gasteiger charge is -2.20. The van der Waals surface area contributed by atoms with Gasteiger partial charge in [0.05, 0.1) is 6.08 Å². The van der Waals surface area contributed by atoms with E-state index in [1.807, 2.05) is 24.4 Å². The standard InChI is InChI=1S/C17H20N3O/c1-12-9-13(17(2,3)4)5-6-15(12)21-14-7-8-20-16(10-14)18-11-19-20/h5-11,16H,1-4H3/q+1. The second-order valence-corrected chi connectivity index (χ2v) is 6.39. The summed E-state index contributed by atoms with van der Waals surface area (Å²) in [5, 5.41) is 4.11. The van der Waals surface area contributed by atoms with E-state index in [1.54, 1.807) is 11.0 Å². The molecule has 108 valence electrons. The van der Waals surface area contributed by atoms with Gasteiger partial charge in [-0.1, -0.05) is 37.6 Å². The van der Waals surface area contributed by atoms with Crippen LogP contribution in [0.4, 0.5) is 0 Å². The third-order valence-corrected chi connectivity index (χ3v) is 3.65. The fraction of sp³-hybridized carbons (Fsp3) is 0.353. The minimum absolute atomic E-state index is 0.0702. The second-order valence-electron chi connectivity index (χ2n) is 6.39. The summed E-state index contributed by atoms with van der Waals surface area (Å²) in [6, 6.07) is 6.36. The monoisotopic (exact) mass is 282 g/mol. The molecule has 1 aromatic carbocycles. The van der Waals surface area contributed by atoms with Crippen LogP contribution >= 0.6 is 0 Å². The zero-order valence-electron chi connectivity index (χ0n) is 12.9. The van der Waals surface area contributed by atoms with Crippen molar-refractivity contribution in [2.45, 2.75) is 39.3 Å². The third-order valence-electron chi connectivity index (χ3n) is 3.65. The van der Waals surface area contributed by atoms with Crippen LogP contribution in [0.2, 0.25) is 0 Å². The van der Waals surface area contributed by atoms with E-state index >= 15 is 0 Å². The summed E-state index contributed by atoms with van der Waals surface area (Å²) in [6.07, 6.45) is 7.25. The molecular weight excluding hydrogens is 262 g/mol. The predicted octanol–water partition coefficient (Wildman–Crippen LogP) is 3.92. The first-order valence-electron chi connectivity index (χ1n) is 7.13. The lowest BCUT2D eigenvalue weighted by atomic mass is 9.86. The van der Waals surface area contributed by atoms with E-state index in [4.69, 9.17) is 4.74 Å². The molecule has 1 unspecified atom stereocenters. The van der Waals surface area contributed by atoms with Crippen LogP contribution in [0.15, 0.2) is 52.4 Å². The van der Waals surface area contributed by atoms with Crippen LogP contribution in [0, 0.1) is 6.92 Å². The van der Waals surface area contributed by atoms with E-state index < -0.39 is 0 Å². The molecule has 0 saturated heterocycles. The average Bonchev–Trinajstić information content (AvgIpc) is 2.87. The molecule has 0 fully saturated rings. The van der Waals surface area contributed by atoms with Crippen molar-refractivity contribution in [2.24, 2.45) is 10.1 Å². The third kappa shape index (κ3) is 2.79. The fourth-order valence-electron chi connectivity index (χ4n) is 2.32. The molecule has 2 aliphatic rings. The van der Waals surface area contributed by atoms with Crippen LogP contribution in [-0.2, 0) is 5.41 Å². The quantitative estimate of drug-likeness (QED) is 0.758. The van der Waals surface area contributed by atoms with E-state index in [0.717, 1.165) is 17.1 Å². The normalized spacial score (nSPS) is 20.1. The molecule has 4 nitrogen and oxygen atoms in total. The zero-order valence-corrected chi connectivity index (χ0v) is 12.9. The maximum Gasteiger partial charge on any atom is 0.301 e. The summed E-state index contributed by atoms with van der Waals surface area (Å²) in [5.41, 5.74) is 2.60. The topological polar surface area (TPSA) is 37.0 Å². The van der Waals surface area contributed by atoms with Crippen LogP contribution in [0.25, 0.3) is 0 Å². The molecule has 1 aromatic rings. The van der Waals surface area contributed by atoms with Crippen molar-refractivity contribution in [1.29, 1.82) is 0 Å². The number of hydrogen-bond acceptors (Lipinski definition) is 3. The van der Waals surface area contributed by atoms with Crippen molar-refractivity contribution in [1.82, 2.24) is 0 Å². The lowest BCUT2D eigenvalue weighted by molar-refractivity contribution is -0.542. The van der Waals surface area contributed by atoms with Gasteiger partial charge in [0.2, 0.25) is 6.20 Å². The largest absolute Gasteiger partial charge is 0.457 e. The summed E-state index contributed by atoms with van der Waals surface area (Å²) in [6.45, 7) is 8.72. The van der Waals surface area contributed by atoms with E-state index in [2.05, 4.69) is 49.9 Å². The Labute approximate surface area is 125 Å². The number of benzene rings is 1. The van der Waals surface area contributed by atoms with Gasteiger partial charge in [0.15, 0.2) is 6.34 Å². The van der Waals surface area contributed by atoms with Crippen molar-refractivity contribution >= 4 is 6.34 Å². The number of rotatable bonds is 2. The highest BCUT2D eigenvalue weighted by molar-refractivity contribution is 5.55. The molecule has 0 amide bonds. The number of aryl methyl sites for hydroxylation is 1. The van der Waals surface area contributed by atoms with Gasteiger partial charge in [0.1, 0.15) is 11.5 Å². The van der Waals surface area contributed by atoms with Crippen molar-refractivity contribution in [3.05, 3.63) is 53.4 Å². The molecule has 3 rings (SSSR count). The predicted molar refractivity (Wildman–Crippen MR) is 82.7 cm³/mol. The molecule has 0 saturated carbocycles. The minimum atomic E-state index is -0.0702. The van der Waals surface area contributed by atoms with Gasteiger partial charge in [-0.25, -0.2) is 0 Å². The highest BCUT2D eigenvalue weighted by Crippen LogP contribution is 2.29. The second kappa shape index (κ2) is 4.95. The minimum Gasteiger partial charge on any atom is -0.457 e. The van der Waals surface area contributed by atoms with Crippen molar-refractivity contribution in [2.75, 3.05) is 0 Å². The Morgan fingerprint density at radius 3 is 2.76 bits per heavy atom. The van der Waals surface area contributed by atoms with Crippen LogP contribution in [-0.4, -0.2) is 17.2 Å². The summed E-state index contributed by atoms with van der Waals surface area (Å²) in [7, 11) is 0. The van der Waals surface area contributed by atoms with Gasteiger partial charge in [0.25, 0.3) is 0 Å². The molecule has 0 aromatic heterocycles. The number of allylic oxidation sites excluding steroid dienone is 1. The SMILES string of the molecule is Cc1cc(C(C)(C)C)ccc1OC1=CC2N=CN=[N+]2C=C1. The van der Waals surface area contributed by atoms with Gasteiger partial charge in [0, 0.05) is 11.2 Å². The fourth-order valence-corrected chi connectivity index (χ4v) is 2.32. The number of azo groups is 2. The smallest absolute Gasteiger partial charge is 0.301 e. The molecule has 0 bridgehead atoms. The molecule has 1 atom stereocenters. The van der Waals surface area contributed by atoms with Gasteiger partial charge >= 0.3 is 6.17 Å². The van der Waals surface area contributed by atoms with Gasteiger partial charge < -0.3 is 4.74 Å². The zero-order chi connectivity index (χ0) is 15.0. The summed E-state index contributed by atoms with van der Waals surface area (Å²) in [5.74, 6) is 1.68. The Morgan fingerprint density at radius 1 is 1.24 bits per heavy atom. The molecule has 0 N–H and O–H groups in total. The summed E-state index contributed by atoms with van der Waals surface area (Å²) in [4.78, 5) is 4.25. The Morgan fingerprint density at radius 2 is 2.05 bits per heavy atom. The van der Waals surface area contributed by atoms with Gasteiger partial charge in [-0.15, -0.1) is 0 Å². The molecule has 4 heteroatoms. The average molecular weight is 282 g/mol.